The van der Waals surface area contributed by atoms with Gasteiger partial charge in [0.2, 0.25) is 17.6 Å². The lowest BCUT2D eigenvalue weighted by Crippen LogP contribution is -2.57. The van der Waals surface area contributed by atoms with E-state index in [1.165, 1.54) is 6.92 Å². The molecule has 0 aromatic heterocycles. The van der Waals surface area contributed by atoms with Crippen LogP contribution >= 0.6 is 0 Å². The van der Waals surface area contributed by atoms with E-state index in [9.17, 15) is 24.0 Å². The summed E-state index contributed by atoms with van der Waals surface area (Å²) in [6.45, 7) is 8.44. The molecule has 39 heavy (non-hydrogen) atoms. The zero-order valence-corrected chi connectivity index (χ0v) is 22.8. The number of hydrogen-bond acceptors (Lipinski definition) is 6. The summed E-state index contributed by atoms with van der Waals surface area (Å²) in [7, 11) is 0. The summed E-state index contributed by atoms with van der Waals surface area (Å²) in [5.74, 6) is -3.97. The van der Waals surface area contributed by atoms with Crippen molar-refractivity contribution in [2.75, 3.05) is 0 Å². The van der Waals surface area contributed by atoms with Crippen molar-refractivity contribution in [1.82, 2.24) is 21.3 Å². The average molecular weight is 534 g/mol. The lowest BCUT2D eigenvalue weighted by atomic mass is 9.98. The van der Waals surface area contributed by atoms with Gasteiger partial charge in [-0.2, -0.15) is 5.26 Å². The monoisotopic (exact) mass is 533 g/mol. The highest BCUT2D eigenvalue weighted by Crippen LogP contribution is 2.08. The zero-order valence-electron chi connectivity index (χ0n) is 22.8. The van der Waals surface area contributed by atoms with Gasteiger partial charge in [0.1, 0.15) is 12.1 Å². The van der Waals surface area contributed by atoms with Gasteiger partial charge in [-0.25, -0.2) is 0 Å². The molecule has 10 nitrogen and oxygen atoms in total. The quantitative estimate of drug-likeness (QED) is 0.305. The molecule has 3 atom stereocenters. The molecule has 0 bridgehead atoms. The fourth-order valence-corrected chi connectivity index (χ4v) is 3.64. The van der Waals surface area contributed by atoms with E-state index in [2.05, 4.69) is 21.3 Å². The number of nitrogens with zero attached hydrogens (tertiary/aromatic N) is 1. The Bertz CT molecular complexity index is 1220. The highest BCUT2D eigenvalue weighted by atomic mass is 16.2. The molecule has 2 rings (SSSR count). The van der Waals surface area contributed by atoms with E-state index < -0.39 is 53.5 Å². The minimum Gasteiger partial charge on any atom is -0.345 e. The van der Waals surface area contributed by atoms with Crippen LogP contribution in [0.5, 0.6) is 0 Å². The van der Waals surface area contributed by atoms with Gasteiger partial charge in [-0.3, -0.25) is 24.0 Å². The SMILES string of the molecule is CC(NC(=O)C(NC(=O)c1ccccc1)C(C)C)C(=O)NC(C(=O)C(=O)NCc1ccc(C#N)cc1)C(C)C. The van der Waals surface area contributed by atoms with Crippen molar-refractivity contribution < 1.29 is 24.0 Å². The first-order chi connectivity index (χ1) is 18.4. The summed E-state index contributed by atoms with van der Waals surface area (Å²) in [4.78, 5) is 63.7. The van der Waals surface area contributed by atoms with Crippen LogP contribution in [0.25, 0.3) is 0 Å². The molecular formula is C29H35N5O5. The highest BCUT2D eigenvalue weighted by molar-refractivity contribution is 6.38. The normalized spacial score (nSPS) is 13.0. The van der Waals surface area contributed by atoms with Crippen LogP contribution in [0.1, 0.15) is 56.1 Å². The van der Waals surface area contributed by atoms with Crippen LogP contribution in [0.4, 0.5) is 0 Å². The lowest BCUT2D eigenvalue weighted by Gasteiger charge is -2.26. The summed E-state index contributed by atoms with van der Waals surface area (Å²) >= 11 is 0. The Labute approximate surface area is 228 Å². The van der Waals surface area contributed by atoms with Crippen molar-refractivity contribution in [3.05, 3.63) is 71.3 Å². The number of amides is 4. The molecule has 0 saturated heterocycles. The molecule has 10 heteroatoms. The first-order valence-electron chi connectivity index (χ1n) is 12.7. The van der Waals surface area contributed by atoms with Crippen LogP contribution < -0.4 is 21.3 Å². The van der Waals surface area contributed by atoms with Crippen molar-refractivity contribution >= 4 is 29.4 Å². The zero-order chi connectivity index (χ0) is 29.1. The van der Waals surface area contributed by atoms with Crippen molar-refractivity contribution in [2.45, 2.75) is 59.3 Å². The standard InChI is InChI=1S/C29H35N5O5/c1-17(2)23(25(35)29(39)31-16-21-13-11-20(15-30)12-14-21)33-26(36)19(5)32-28(38)24(18(3)4)34-27(37)22-9-7-6-8-10-22/h6-14,17-19,23-24H,16H2,1-5H3,(H,31,39)(H,32,38)(H,33,36)(H,34,37). The summed E-state index contributed by atoms with van der Waals surface area (Å²) in [5, 5.41) is 19.3. The van der Waals surface area contributed by atoms with Gasteiger partial charge >= 0.3 is 0 Å². The summed E-state index contributed by atoms with van der Waals surface area (Å²) < 4.78 is 0. The van der Waals surface area contributed by atoms with Crippen molar-refractivity contribution in [3.8, 4) is 6.07 Å². The molecule has 0 saturated carbocycles. The number of hydrogen-bond donors (Lipinski definition) is 4. The Morgan fingerprint density at radius 1 is 0.744 bits per heavy atom. The number of Topliss-reactive ketones (excluding diaryl/α,β-unsaturated/α-hetero) is 1. The fraction of sp³-hybridized carbons (Fsp3) is 0.379. The molecule has 0 heterocycles. The second-order valence-corrected chi connectivity index (χ2v) is 9.88. The minimum atomic E-state index is -1.11. The van der Waals surface area contributed by atoms with E-state index >= 15 is 0 Å². The van der Waals surface area contributed by atoms with Crippen LogP contribution in [0.2, 0.25) is 0 Å². The van der Waals surface area contributed by atoms with Crippen LogP contribution in [0.3, 0.4) is 0 Å². The Hall–Kier alpha value is -4.52. The predicted octanol–water partition coefficient (Wildman–Crippen LogP) is 1.84. The van der Waals surface area contributed by atoms with Gasteiger partial charge in [-0.05, 0) is 48.6 Å². The van der Waals surface area contributed by atoms with E-state index in [1.54, 1.807) is 82.3 Å². The Morgan fingerprint density at radius 2 is 1.33 bits per heavy atom. The largest absolute Gasteiger partial charge is 0.345 e. The van der Waals surface area contributed by atoms with Gasteiger partial charge in [0.25, 0.3) is 11.8 Å². The third-order valence-electron chi connectivity index (χ3n) is 6.03. The van der Waals surface area contributed by atoms with Crippen LogP contribution in [0, 0.1) is 23.2 Å². The van der Waals surface area contributed by atoms with Gasteiger partial charge < -0.3 is 21.3 Å². The fourth-order valence-electron chi connectivity index (χ4n) is 3.64. The Kier molecular flexibility index (Phi) is 11.4. The highest BCUT2D eigenvalue weighted by Gasteiger charge is 2.32. The number of carbonyl (C=O) groups excluding carboxylic acids is 5. The number of ketones is 1. The van der Waals surface area contributed by atoms with Crippen molar-refractivity contribution in [1.29, 1.82) is 5.26 Å². The van der Waals surface area contributed by atoms with Gasteiger partial charge in [-0.1, -0.05) is 58.0 Å². The molecule has 4 N–H and O–H groups in total. The topological polar surface area (TPSA) is 157 Å². The molecule has 206 valence electrons. The molecule has 2 aromatic rings. The van der Waals surface area contributed by atoms with Gasteiger partial charge in [0.05, 0.1) is 17.7 Å². The number of nitrogens with one attached hydrogen (secondary N) is 4. The molecule has 4 amide bonds. The molecule has 0 aliphatic carbocycles. The number of carbonyl (C=O) groups is 5. The number of benzene rings is 2. The molecule has 3 unspecified atom stereocenters. The van der Waals surface area contributed by atoms with E-state index in [4.69, 9.17) is 5.26 Å². The maximum absolute atomic E-state index is 12.9. The molecule has 0 aliphatic rings. The molecule has 0 spiro atoms. The van der Waals surface area contributed by atoms with E-state index in [1.807, 2.05) is 6.07 Å². The first kappa shape index (κ1) is 30.7. The second kappa shape index (κ2) is 14.4. The van der Waals surface area contributed by atoms with Crippen molar-refractivity contribution in [3.63, 3.8) is 0 Å². The summed E-state index contributed by atoms with van der Waals surface area (Å²) in [6, 6.07) is 14.0. The minimum absolute atomic E-state index is 0.0762. The van der Waals surface area contributed by atoms with Gasteiger partial charge in [0.15, 0.2) is 0 Å². The van der Waals surface area contributed by atoms with E-state index in [0.29, 0.717) is 16.7 Å². The van der Waals surface area contributed by atoms with E-state index in [-0.39, 0.29) is 12.5 Å². The van der Waals surface area contributed by atoms with Gasteiger partial charge in [-0.15, -0.1) is 0 Å². The lowest BCUT2D eigenvalue weighted by molar-refractivity contribution is -0.141. The Morgan fingerprint density at radius 3 is 1.87 bits per heavy atom. The molecule has 0 radical (unpaired) electrons. The molecule has 0 fully saturated rings. The summed E-state index contributed by atoms with van der Waals surface area (Å²) in [5.41, 5.74) is 1.58. The van der Waals surface area contributed by atoms with Crippen LogP contribution in [-0.4, -0.2) is 47.5 Å². The maximum atomic E-state index is 12.9. The van der Waals surface area contributed by atoms with E-state index in [0.717, 1.165) is 0 Å². The average Bonchev–Trinajstić information content (AvgIpc) is 2.92. The molecule has 2 aromatic carbocycles. The first-order valence-corrected chi connectivity index (χ1v) is 12.7. The second-order valence-electron chi connectivity index (χ2n) is 9.88. The predicted molar refractivity (Wildman–Crippen MR) is 145 cm³/mol. The van der Waals surface area contributed by atoms with Crippen LogP contribution in [-0.2, 0) is 25.7 Å². The maximum Gasteiger partial charge on any atom is 0.289 e. The third kappa shape index (κ3) is 9.07. The molecule has 0 aliphatic heterocycles. The number of nitriles is 1. The Balaban J connectivity index is 1.98. The van der Waals surface area contributed by atoms with Crippen molar-refractivity contribution in [2.24, 2.45) is 11.8 Å². The van der Waals surface area contributed by atoms with Gasteiger partial charge in [0, 0.05) is 12.1 Å². The molecular weight excluding hydrogens is 498 g/mol. The summed E-state index contributed by atoms with van der Waals surface area (Å²) in [6.07, 6.45) is 0. The third-order valence-corrected chi connectivity index (χ3v) is 6.03. The smallest absolute Gasteiger partial charge is 0.289 e. The van der Waals surface area contributed by atoms with Crippen LogP contribution in [0.15, 0.2) is 54.6 Å². The number of rotatable bonds is 12.